The zero-order valence-electron chi connectivity index (χ0n) is 24.2. The van der Waals surface area contributed by atoms with Crippen molar-refractivity contribution >= 4 is 32.1 Å². The number of nitrogens with zero attached hydrogens (tertiary/aromatic N) is 2. The minimum Gasteiger partial charge on any atom is -0.495 e. The molecule has 8 nitrogen and oxygen atoms in total. The summed E-state index contributed by atoms with van der Waals surface area (Å²) in [6.45, 7) is 0.602. The minimum absolute atomic E-state index is 0.102. The van der Waals surface area contributed by atoms with Crippen molar-refractivity contribution < 1.29 is 31.4 Å². The summed E-state index contributed by atoms with van der Waals surface area (Å²) in [4.78, 5) is 2.49. The molecule has 1 aliphatic heterocycles. The van der Waals surface area contributed by atoms with Gasteiger partial charge in [-0.2, -0.15) is 13.2 Å². The lowest BCUT2D eigenvalue weighted by Crippen LogP contribution is -2.39. The van der Waals surface area contributed by atoms with Crippen molar-refractivity contribution in [3.63, 3.8) is 0 Å². The topological polar surface area (TPSA) is 95.8 Å². The van der Waals surface area contributed by atoms with E-state index in [1.807, 2.05) is 6.07 Å². The van der Waals surface area contributed by atoms with Crippen molar-refractivity contribution in [3.05, 3.63) is 48.2 Å². The molecule has 1 atom stereocenters. The Kier molecular flexibility index (Phi) is 9.15. The largest absolute Gasteiger partial charge is 0.495 e. The van der Waals surface area contributed by atoms with Gasteiger partial charge in [0.2, 0.25) is 0 Å². The van der Waals surface area contributed by atoms with Crippen LogP contribution in [0.25, 0.3) is 10.9 Å². The molecule has 3 aromatic rings. The first-order valence-corrected chi connectivity index (χ1v) is 16.3. The maximum atomic E-state index is 13.6. The van der Waals surface area contributed by atoms with Crippen molar-refractivity contribution in [3.8, 4) is 17.6 Å². The van der Waals surface area contributed by atoms with Gasteiger partial charge in [-0.3, -0.25) is 4.90 Å². The number of alkyl halides is 3. The molecule has 1 aliphatic carbocycles. The molecule has 0 unspecified atom stereocenters. The third-order valence-corrected chi connectivity index (χ3v) is 9.35. The van der Waals surface area contributed by atoms with E-state index in [1.54, 1.807) is 24.3 Å². The van der Waals surface area contributed by atoms with Gasteiger partial charge in [0.25, 0.3) is 0 Å². The number of sulfone groups is 1. The summed E-state index contributed by atoms with van der Waals surface area (Å²) in [6, 6.07) is 12.1. The van der Waals surface area contributed by atoms with E-state index < -0.39 is 22.6 Å². The molecule has 43 heavy (non-hydrogen) atoms. The normalized spacial score (nSPS) is 21.4. The Morgan fingerprint density at radius 1 is 1.07 bits per heavy atom. The fraction of sp³-hybridized carbons (Fsp3) is 0.484. The molecule has 0 spiro atoms. The summed E-state index contributed by atoms with van der Waals surface area (Å²) in [6.07, 6.45) is 1.19. The highest BCUT2D eigenvalue weighted by Crippen LogP contribution is 2.33. The van der Waals surface area contributed by atoms with E-state index in [-0.39, 0.29) is 29.3 Å². The Bertz CT molecular complexity index is 1620. The number of hydrogen-bond acceptors (Lipinski definition) is 7. The van der Waals surface area contributed by atoms with Gasteiger partial charge in [0, 0.05) is 48.6 Å². The van der Waals surface area contributed by atoms with E-state index in [1.165, 1.54) is 23.8 Å². The number of rotatable bonds is 8. The quantitative estimate of drug-likeness (QED) is 0.310. The van der Waals surface area contributed by atoms with Crippen LogP contribution in [0.15, 0.2) is 47.4 Å². The lowest BCUT2D eigenvalue weighted by molar-refractivity contribution is -0.140. The lowest BCUT2D eigenvalue weighted by Gasteiger charge is -2.35. The van der Waals surface area contributed by atoms with Crippen LogP contribution in [0.4, 0.5) is 24.5 Å². The SMILES string of the molecule is COc1cc(S(C)(=O)=O)ccc1NCC#Cc1cc2c(NC3CCC(N4CC[C@H](O)C4)CC3)cccc2n1CC(F)(F)F. The average Bonchev–Trinajstić information content (AvgIpc) is 3.54. The molecule has 232 valence electrons. The van der Waals surface area contributed by atoms with E-state index in [4.69, 9.17) is 4.74 Å². The predicted molar refractivity (Wildman–Crippen MR) is 161 cm³/mol. The van der Waals surface area contributed by atoms with Crippen molar-refractivity contribution in [1.29, 1.82) is 0 Å². The number of halogens is 3. The molecule has 3 N–H and O–H groups in total. The van der Waals surface area contributed by atoms with Crippen LogP contribution in [0.1, 0.15) is 37.8 Å². The van der Waals surface area contributed by atoms with Crippen LogP contribution < -0.4 is 15.4 Å². The number of hydrogen-bond donors (Lipinski definition) is 3. The summed E-state index contributed by atoms with van der Waals surface area (Å²) in [5.74, 6) is 6.12. The number of benzene rings is 2. The number of methoxy groups -OCH3 is 1. The van der Waals surface area contributed by atoms with E-state index in [2.05, 4.69) is 27.4 Å². The van der Waals surface area contributed by atoms with Crippen LogP contribution in [-0.4, -0.2) is 80.4 Å². The molecule has 2 aromatic carbocycles. The average molecular weight is 619 g/mol. The standard InChI is InChI=1S/C31H37F3N4O4S/c1-42-30-18-25(43(2,40)41)12-13-28(30)35-15-4-5-23-17-26-27(6-3-7-29(26)38(23)20-31(32,33)34)36-21-8-10-22(11-9-21)37-16-14-24(39)19-37/h3,6-7,12-13,17-18,21-22,24,35-36,39H,8-11,14-16,19-20H2,1-2H3/t21?,22?,24-/m0/s1. The van der Waals surface area contributed by atoms with Gasteiger partial charge in [-0.15, -0.1) is 0 Å². The first-order valence-electron chi connectivity index (χ1n) is 14.4. The molecule has 0 amide bonds. The van der Waals surface area contributed by atoms with Gasteiger partial charge in [0.1, 0.15) is 12.3 Å². The van der Waals surface area contributed by atoms with Crippen molar-refractivity contribution in [2.24, 2.45) is 0 Å². The van der Waals surface area contributed by atoms with Crippen molar-refractivity contribution in [2.45, 2.75) is 67.9 Å². The minimum atomic E-state index is -4.43. The number of nitrogens with one attached hydrogen (secondary N) is 2. The number of aromatic nitrogens is 1. The smallest absolute Gasteiger partial charge is 0.406 e. The highest BCUT2D eigenvalue weighted by molar-refractivity contribution is 7.90. The zero-order chi connectivity index (χ0) is 30.8. The van der Waals surface area contributed by atoms with Gasteiger partial charge in [-0.05, 0) is 68.4 Å². The number of likely N-dealkylation sites (tertiary alicyclic amines) is 1. The summed E-state index contributed by atoms with van der Waals surface area (Å²) in [5.41, 5.74) is 2.01. The molecular weight excluding hydrogens is 581 g/mol. The van der Waals surface area contributed by atoms with Crippen LogP contribution in [0.3, 0.4) is 0 Å². The lowest BCUT2D eigenvalue weighted by atomic mass is 9.90. The summed E-state index contributed by atoms with van der Waals surface area (Å²) in [5, 5.41) is 17.2. The maximum absolute atomic E-state index is 13.6. The maximum Gasteiger partial charge on any atom is 0.406 e. The van der Waals surface area contributed by atoms with Gasteiger partial charge in [0.05, 0.1) is 41.6 Å². The number of anilines is 2. The third-order valence-electron chi connectivity index (χ3n) is 8.24. The second-order valence-corrected chi connectivity index (χ2v) is 13.4. The highest BCUT2D eigenvalue weighted by Gasteiger charge is 2.32. The fourth-order valence-electron chi connectivity index (χ4n) is 6.09. The van der Waals surface area contributed by atoms with Crippen molar-refractivity contribution in [2.75, 3.05) is 43.6 Å². The zero-order valence-corrected chi connectivity index (χ0v) is 25.1. The Hall–Kier alpha value is -3.40. The number of ether oxygens (including phenoxy) is 1. The molecule has 1 saturated carbocycles. The Morgan fingerprint density at radius 2 is 1.84 bits per heavy atom. The molecule has 0 radical (unpaired) electrons. The number of β-amino-alcohol motifs (C(OH)–C–C–N with tert-alkyl or cyclic N) is 1. The van der Waals surface area contributed by atoms with Gasteiger partial charge in [-0.1, -0.05) is 12.0 Å². The Labute approximate surface area is 250 Å². The summed E-state index contributed by atoms with van der Waals surface area (Å²) >= 11 is 0. The first-order chi connectivity index (χ1) is 20.4. The van der Waals surface area contributed by atoms with Crippen LogP contribution in [-0.2, 0) is 16.4 Å². The molecule has 1 aromatic heterocycles. The van der Waals surface area contributed by atoms with Gasteiger partial charge >= 0.3 is 6.18 Å². The van der Waals surface area contributed by atoms with Crippen LogP contribution in [0.5, 0.6) is 5.75 Å². The molecule has 2 fully saturated rings. The van der Waals surface area contributed by atoms with E-state index >= 15 is 0 Å². The van der Waals surface area contributed by atoms with Crippen LogP contribution >= 0.6 is 0 Å². The molecule has 1 saturated heterocycles. The number of aliphatic hydroxyl groups excluding tert-OH is 1. The van der Waals surface area contributed by atoms with E-state index in [0.717, 1.165) is 57.1 Å². The Balaban J connectivity index is 1.33. The van der Waals surface area contributed by atoms with E-state index in [0.29, 0.717) is 28.4 Å². The highest BCUT2D eigenvalue weighted by atomic mass is 32.2. The van der Waals surface area contributed by atoms with Crippen molar-refractivity contribution in [1.82, 2.24) is 9.47 Å². The monoisotopic (exact) mass is 618 g/mol. The number of aliphatic hydroxyl groups is 1. The van der Waals surface area contributed by atoms with Gasteiger partial charge in [-0.25, -0.2) is 8.42 Å². The predicted octanol–water partition coefficient (Wildman–Crippen LogP) is 4.87. The summed E-state index contributed by atoms with van der Waals surface area (Å²) < 4.78 is 71.1. The second-order valence-electron chi connectivity index (χ2n) is 11.3. The van der Waals surface area contributed by atoms with Gasteiger partial charge in [0.15, 0.2) is 9.84 Å². The second kappa shape index (κ2) is 12.7. The Morgan fingerprint density at radius 3 is 2.49 bits per heavy atom. The van der Waals surface area contributed by atoms with Crippen LogP contribution in [0.2, 0.25) is 0 Å². The van der Waals surface area contributed by atoms with Crippen LogP contribution in [0, 0.1) is 11.8 Å². The molecule has 2 heterocycles. The molecule has 2 aliphatic rings. The molecular formula is C31H37F3N4O4S. The summed E-state index contributed by atoms with van der Waals surface area (Å²) in [7, 11) is -1.99. The molecule has 0 bridgehead atoms. The first kappa shape index (κ1) is 31.0. The van der Waals surface area contributed by atoms with E-state index in [9.17, 15) is 26.7 Å². The number of fused-ring (bicyclic) bond motifs is 1. The molecule has 12 heteroatoms. The van der Waals surface area contributed by atoms with Gasteiger partial charge < -0.3 is 25.0 Å². The third kappa shape index (κ3) is 7.58. The molecule has 5 rings (SSSR count). The fourth-order valence-corrected chi connectivity index (χ4v) is 6.73.